The van der Waals surface area contributed by atoms with Crippen molar-refractivity contribution in [1.82, 2.24) is 14.5 Å². The zero-order valence-electron chi connectivity index (χ0n) is 16.3. The summed E-state index contributed by atoms with van der Waals surface area (Å²) in [6.07, 6.45) is 0. The smallest absolute Gasteiger partial charge is 0.354 e. The quantitative estimate of drug-likeness (QED) is 0.674. The molecular weight excluding hydrogens is 384 g/mol. The molecule has 28 heavy (non-hydrogen) atoms. The predicted molar refractivity (Wildman–Crippen MR) is 104 cm³/mol. The van der Waals surface area contributed by atoms with Crippen molar-refractivity contribution in [3.05, 3.63) is 41.1 Å². The largest absolute Gasteiger partial charge is 0.477 e. The van der Waals surface area contributed by atoms with Crippen molar-refractivity contribution in [3.63, 3.8) is 0 Å². The van der Waals surface area contributed by atoms with Gasteiger partial charge in [0.1, 0.15) is 5.69 Å². The van der Waals surface area contributed by atoms with Crippen LogP contribution >= 0.6 is 0 Å². The summed E-state index contributed by atoms with van der Waals surface area (Å²) in [6, 6.07) is 5.58. The maximum Gasteiger partial charge on any atom is 0.354 e. The first-order valence-electron chi connectivity index (χ1n) is 8.68. The van der Waals surface area contributed by atoms with Crippen LogP contribution in [0.3, 0.4) is 0 Å². The van der Waals surface area contributed by atoms with Gasteiger partial charge in [0.25, 0.3) is 10.0 Å². The Balaban J connectivity index is 2.32. The number of sulfonamides is 1. The minimum absolute atomic E-state index is 0.111. The number of rotatable bonds is 6. The van der Waals surface area contributed by atoms with Gasteiger partial charge in [0.2, 0.25) is 0 Å². The summed E-state index contributed by atoms with van der Waals surface area (Å²) in [7, 11) is -3.04. The highest BCUT2D eigenvalue weighted by Gasteiger charge is 2.25. The van der Waals surface area contributed by atoms with E-state index in [1.807, 2.05) is 50.6 Å². The van der Waals surface area contributed by atoms with Crippen LogP contribution in [0.4, 0.5) is 10.5 Å². The molecule has 0 spiro atoms. The van der Waals surface area contributed by atoms with Gasteiger partial charge in [-0.15, -0.1) is 0 Å². The van der Waals surface area contributed by atoms with Crippen molar-refractivity contribution in [3.8, 4) is 0 Å². The van der Waals surface area contributed by atoms with Gasteiger partial charge in [-0.1, -0.05) is 45.9 Å². The zero-order valence-corrected chi connectivity index (χ0v) is 17.2. The molecule has 0 aliphatic carbocycles. The molecular formula is C18H24N4O5S. The molecule has 1 aromatic heterocycles. The van der Waals surface area contributed by atoms with E-state index < -0.39 is 27.0 Å². The molecule has 10 heteroatoms. The lowest BCUT2D eigenvalue weighted by molar-refractivity contribution is 0.0685. The number of hydrogen-bond donors (Lipinski definition) is 3. The van der Waals surface area contributed by atoms with Gasteiger partial charge < -0.3 is 10.4 Å². The zero-order chi connectivity index (χ0) is 21.2. The van der Waals surface area contributed by atoms with E-state index in [2.05, 4.69) is 10.4 Å². The number of carboxylic acids is 1. The number of aromatic nitrogens is 2. The van der Waals surface area contributed by atoms with Crippen LogP contribution in [0.25, 0.3) is 0 Å². The number of nitrogens with one attached hydrogen (secondary N) is 2. The van der Waals surface area contributed by atoms with E-state index in [0.717, 1.165) is 21.9 Å². The molecule has 0 saturated carbocycles. The second-order valence-corrected chi connectivity index (χ2v) is 8.61. The summed E-state index contributed by atoms with van der Waals surface area (Å²) in [4.78, 5) is 23.5. The van der Waals surface area contributed by atoms with Crippen LogP contribution in [-0.4, -0.2) is 35.3 Å². The van der Waals surface area contributed by atoms with E-state index in [1.165, 1.54) is 7.05 Å². The summed E-state index contributed by atoms with van der Waals surface area (Å²) >= 11 is 0. The Hall–Kier alpha value is -2.88. The van der Waals surface area contributed by atoms with Gasteiger partial charge in [-0.25, -0.2) is 14.3 Å². The maximum atomic E-state index is 12.4. The topological polar surface area (TPSA) is 130 Å². The van der Waals surface area contributed by atoms with Crippen molar-refractivity contribution in [1.29, 1.82) is 0 Å². The van der Waals surface area contributed by atoms with Crippen LogP contribution in [0.1, 0.15) is 61.1 Å². The van der Waals surface area contributed by atoms with Crippen molar-refractivity contribution in [2.75, 3.05) is 5.32 Å². The summed E-state index contributed by atoms with van der Waals surface area (Å²) in [5, 5.41) is 14.8. The number of para-hydroxylation sites is 1. The Bertz CT molecular complexity index is 983. The third-order valence-electron chi connectivity index (χ3n) is 4.19. The third kappa shape index (κ3) is 4.50. The van der Waals surface area contributed by atoms with Gasteiger partial charge in [0.05, 0.1) is 0 Å². The van der Waals surface area contributed by atoms with Crippen molar-refractivity contribution in [2.45, 2.75) is 44.6 Å². The van der Waals surface area contributed by atoms with Crippen LogP contribution in [0.5, 0.6) is 0 Å². The van der Waals surface area contributed by atoms with E-state index in [-0.39, 0.29) is 17.5 Å². The number of carbonyl (C=O) groups is 2. The molecule has 0 aliphatic rings. The molecule has 1 aromatic carbocycles. The molecule has 3 N–H and O–H groups in total. The van der Waals surface area contributed by atoms with E-state index in [4.69, 9.17) is 5.11 Å². The Morgan fingerprint density at radius 3 is 2.07 bits per heavy atom. The lowest BCUT2D eigenvalue weighted by atomic mass is 9.93. The van der Waals surface area contributed by atoms with Gasteiger partial charge in [0, 0.05) is 18.8 Å². The van der Waals surface area contributed by atoms with Crippen LogP contribution < -0.4 is 10.0 Å². The highest BCUT2D eigenvalue weighted by Crippen LogP contribution is 2.32. The van der Waals surface area contributed by atoms with Crippen molar-refractivity contribution < 1.29 is 23.1 Å². The third-order valence-corrected chi connectivity index (χ3v) is 5.39. The first kappa shape index (κ1) is 21.4. The predicted octanol–water partition coefficient (Wildman–Crippen LogP) is 2.88. The van der Waals surface area contributed by atoms with Gasteiger partial charge in [-0.05, 0) is 23.0 Å². The average molecular weight is 408 g/mol. The van der Waals surface area contributed by atoms with E-state index in [0.29, 0.717) is 5.69 Å². The molecule has 0 bridgehead atoms. The first-order valence-corrected chi connectivity index (χ1v) is 10.2. The molecule has 2 rings (SSSR count). The van der Waals surface area contributed by atoms with Crippen LogP contribution in [0.2, 0.25) is 0 Å². The highest BCUT2D eigenvalue weighted by molar-refractivity contribution is 7.90. The molecule has 0 saturated heterocycles. The molecule has 0 atom stereocenters. The average Bonchev–Trinajstić information content (AvgIpc) is 2.97. The summed E-state index contributed by atoms with van der Waals surface area (Å²) in [6.45, 7) is 7.89. The highest BCUT2D eigenvalue weighted by atomic mass is 32.2. The molecule has 152 valence electrons. The Morgan fingerprint density at radius 1 is 1.11 bits per heavy atom. The lowest BCUT2D eigenvalue weighted by Crippen LogP contribution is -2.35. The van der Waals surface area contributed by atoms with Gasteiger partial charge in [-0.3, -0.25) is 4.68 Å². The maximum absolute atomic E-state index is 12.4. The molecule has 0 fully saturated rings. The number of aryl methyl sites for hydroxylation is 1. The summed E-state index contributed by atoms with van der Waals surface area (Å²) in [5.74, 6) is -1.10. The molecule has 9 nitrogen and oxygen atoms in total. The standard InChI is InChI=1S/C18H24N4O5S/c1-10(2)12-7-6-8-13(11(3)4)16(12)19-18(25)21-28(26,27)15-9-14(17(23)24)22(5)20-15/h6-11H,1-5H3,(H,23,24)(H2,19,21,25). The number of carboxylic acid groups (broad SMARTS) is 1. The number of amides is 2. The minimum Gasteiger partial charge on any atom is -0.477 e. The minimum atomic E-state index is -4.34. The Labute approximate surface area is 163 Å². The SMILES string of the molecule is CC(C)c1cccc(C(C)C)c1NC(=O)NS(=O)(=O)c1cc(C(=O)O)n(C)n1. The van der Waals surface area contributed by atoms with Crippen LogP contribution in [0, 0.1) is 0 Å². The molecule has 2 aromatic rings. The number of anilines is 1. The van der Waals surface area contributed by atoms with E-state index >= 15 is 0 Å². The molecule has 0 unspecified atom stereocenters. The number of hydrogen-bond acceptors (Lipinski definition) is 5. The molecule has 2 amide bonds. The number of benzene rings is 1. The number of nitrogens with zero attached hydrogens (tertiary/aromatic N) is 2. The van der Waals surface area contributed by atoms with Crippen LogP contribution in [-0.2, 0) is 17.1 Å². The fraction of sp³-hybridized carbons (Fsp3) is 0.389. The first-order chi connectivity index (χ1) is 12.9. The second-order valence-electron chi connectivity index (χ2n) is 6.98. The summed E-state index contributed by atoms with van der Waals surface area (Å²) < 4.78 is 27.6. The molecule has 1 heterocycles. The number of aromatic carboxylic acids is 1. The fourth-order valence-corrected chi connectivity index (χ4v) is 3.68. The van der Waals surface area contributed by atoms with Crippen molar-refractivity contribution in [2.24, 2.45) is 7.05 Å². The Kier molecular flexibility index (Phi) is 6.13. The molecule has 0 aliphatic heterocycles. The van der Waals surface area contributed by atoms with E-state index in [1.54, 1.807) is 0 Å². The van der Waals surface area contributed by atoms with Crippen LogP contribution in [0.15, 0.2) is 29.3 Å². The summed E-state index contributed by atoms with van der Waals surface area (Å²) in [5.41, 5.74) is 2.01. The Morgan fingerprint density at radius 2 is 1.64 bits per heavy atom. The van der Waals surface area contributed by atoms with Gasteiger partial charge in [-0.2, -0.15) is 13.5 Å². The second kappa shape index (κ2) is 8.01. The number of urea groups is 1. The van der Waals surface area contributed by atoms with Gasteiger partial charge in [0.15, 0.2) is 5.03 Å². The van der Waals surface area contributed by atoms with Gasteiger partial charge >= 0.3 is 12.0 Å². The van der Waals surface area contributed by atoms with Crippen molar-refractivity contribution >= 4 is 27.7 Å². The monoisotopic (exact) mass is 408 g/mol. The fourth-order valence-electron chi connectivity index (χ4n) is 2.78. The lowest BCUT2D eigenvalue weighted by Gasteiger charge is -2.20. The normalized spacial score (nSPS) is 11.7. The molecule has 0 radical (unpaired) electrons. The van der Waals surface area contributed by atoms with E-state index in [9.17, 15) is 18.0 Å². The number of carbonyl (C=O) groups excluding carboxylic acids is 1.